The molecule has 1 aromatic carbocycles. The molecule has 25 heavy (non-hydrogen) atoms. The normalized spacial score (nSPS) is 11.2. The van der Waals surface area contributed by atoms with E-state index in [0.717, 1.165) is 33.1 Å². The van der Waals surface area contributed by atoms with E-state index >= 15 is 0 Å². The molecule has 132 valence electrons. The first-order valence-electron chi connectivity index (χ1n) is 8.03. The molecule has 7 heteroatoms. The standard InChI is InChI=1S/C18H20N2O3S2/c1-4-14-11(2)25-16-15(14)17(22)20(18(19-16)24-10-9-21)12-5-7-13(23-3)8-6-12/h5-8,21H,4,9-10H2,1-3H3. The monoisotopic (exact) mass is 376 g/mol. The Hall–Kier alpha value is -1.83. The number of nitrogens with zero attached hydrogens (tertiary/aromatic N) is 2. The molecule has 1 N–H and O–H groups in total. The van der Waals surface area contributed by atoms with Crippen LogP contribution in [0.4, 0.5) is 0 Å². The Morgan fingerprint density at radius 3 is 2.64 bits per heavy atom. The molecule has 3 rings (SSSR count). The van der Waals surface area contributed by atoms with Gasteiger partial charge < -0.3 is 9.84 Å². The molecule has 0 aliphatic heterocycles. The van der Waals surface area contributed by atoms with Crippen LogP contribution in [0.25, 0.3) is 15.9 Å². The Morgan fingerprint density at radius 2 is 2.04 bits per heavy atom. The highest BCUT2D eigenvalue weighted by molar-refractivity contribution is 7.99. The molecule has 0 radical (unpaired) electrons. The zero-order valence-electron chi connectivity index (χ0n) is 14.4. The average Bonchev–Trinajstić information content (AvgIpc) is 2.95. The van der Waals surface area contributed by atoms with Crippen LogP contribution in [-0.2, 0) is 6.42 Å². The smallest absolute Gasteiger partial charge is 0.267 e. The van der Waals surface area contributed by atoms with Crippen LogP contribution in [0.15, 0.2) is 34.2 Å². The lowest BCUT2D eigenvalue weighted by atomic mass is 10.1. The summed E-state index contributed by atoms with van der Waals surface area (Å²) in [6.07, 6.45) is 0.800. The third-order valence-corrected chi connectivity index (χ3v) is 5.96. The van der Waals surface area contributed by atoms with Crippen molar-refractivity contribution in [2.45, 2.75) is 25.4 Å². The molecule has 0 fully saturated rings. The summed E-state index contributed by atoms with van der Waals surface area (Å²) in [7, 11) is 1.61. The number of aliphatic hydroxyl groups excluding tert-OH is 1. The highest BCUT2D eigenvalue weighted by Gasteiger charge is 2.19. The maximum Gasteiger partial charge on any atom is 0.267 e. The number of rotatable bonds is 6. The highest BCUT2D eigenvalue weighted by atomic mass is 32.2. The van der Waals surface area contributed by atoms with Gasteiger partial charge in [0.25, 0.3) is 5.56 Å². The molecule has 0 unspecified atom stereocenters. The van der Waals surface area contributed by atoms with Crippen LogP contribution in [0.2, 0.25) is 0 Å². The van der Waals surface area contributed by atoms with Crippen LogP contribution in [0, 0.1) is 6.92 Å². The van der Waals surface area contributed by atoms with Crippen LogP contribution in [0.3, 0.4) is 0 Å². The molecule has 0 aliphatic rings. The van der Waals surface area contributed by atoms with Crippen LogP contribution in [0.5, 0.6) is 5.75 Å². The van der Waals surface area contributed by atoms with E-state index in [0.29, 0.717) is 16.3 Å². The van der Waals surface area contributed by atoms with Crippen molar-refractivity contribution in [2.24, 2.45) is 0 Å². The molecular formula is C18H20N2O3S2. The summed E-state index contributed by atoms with van der Waals surface area (Å²) in [6, 6.07) is 7.35. The molecule has 0 saturated heterocycles. The second-order valence-corrected chi connectivity index (χ2v) is 7.74. The highest BCUT2D eigenvalue weighted by Crippen LogP contribution is 2.30. The third-order valence-electron chi connectivity index (χ3n) is 4.00. The topological polar surface area (TPSA) is 64.3 Å². The van der Waals surface area contributed by atoms with Crippen molar-refractivity contribution < 1.29 is 9.84 Å². The minimum absolute atomic E-state index is 0.0326. The molecule has 3 aromatic rings. The van der Waals surface area contributed by atoms with Gasteiger partial charge in [-0.1, -0.05) is 18.7 Å². The zero-order chi connectivity index (χ0) is 18.0. The number of aryl methyl sites for hydroxylation is 2. The van der Waals surface area contributed by atoms with Crippen molar-refractivity contribution in [1.29, 1.82) is 0 Å². The molecule has 0 saturated carbocycles. The Morgan fingerprint density at radius 1 is 1.32 bits per heavy atom. The van der Waals surface area contributed by atoms with Gasteiger partial charge in [-0.3, -0.25) is 9.36 Å². The number of methoxy groups -OCH3 is 1. The maximum absolute atomic E-state index is 13.3. The number of benzene rings is 1. The van der Waals surface area contributed by atoms with E-state index in [1.165, 1.54) is 11.8 Å². The SMILES string of the molecule is CCc1c(C)sc2nc(SCCO)n(-c3ccc(OC)cc3)c(=O)c12. The van der Waals surface area contributed by atoms with Crippen molar-refractivity contribution in [1.82, 2.24) is 9.55 Å². The fourth-order valence-electron chi connectivity index (χ4n) is 2.82. The van der Waals surface area contributed by atoms with E-state index in [2.05, 4.69) is 6.92 Å². The summed E-state index contributed by atoms with van der Waals surface area (Å²) in [4.78, 5) is 19.9. The van der Waals surface area contributed by atoms with Gasteiger partial charge in [-0.15, -0.1) is 11.3 Å². The number of hydrogen-bond acceptors (Lipinski definition) is 6. The first-order valence-corrected chi connectivity index (χ1v) is 9.84. The summed E-state index contributed by atoms with van der Waals surface area (Å²) >= 11 is 2.94. The van der Waals surface area contributed by atoms with Crippen molar-refractivity contribution in [3.8, 4) is 11.4 Å². The maximum atomic E-state index is 13.3. The van der Waals surface area contributed by atoms with Crippen molar-refractivity contribution >= 4 is 33.3 Å². The Balaban J connectivity index is 2.28. The minimum Gasteiger partial charge on any atom is -0.497 e. The predicted octanol–water partition coefficient (Wildman–Crippen LogP) is 3.41. The summed E-state index contributed by atoms with van der Waals surface area (Å²) in [5, 5.41) is 10.5. The third kappa shape index (κ3) is 3.31. The average molecular weight is 377 g/mol. The van der Waals surface area contributed by atoms with Gasteiger partial charge in [0.2, 0.25) is 0 Å². The summed E-state index contributed by atoms with van der Waals surface area (Å²) in [6.45, 7) is 4.12. The Labute approximate surface area is 154 Å². The van der Waals surface area contributed by atoms with Gasteiger partial charge in [-0.25, -0.2) is 4.98 Å². The fourth-order valence-corrected chi connectivity index (χ4v) is 4.73. The van der Waals surface area contributed by atoms with Gasteiger partial charge in [0.15, 0.2) is 5.16 Å². The number of aliphatic hydroxyl groups is 1. The number of thioether (sulfide) groups is 1. The predicted molar refractivity (Wildman–Crippen MR) is 104 cm³/mol. The molecule has 0 aliphatic carbocycles. The summed E-state index contributed by atoms with van der Waals surface area (Å²) in [5.74, 6) is 1.22. The van der Waals surface area contributed by atoms with E-state index in [1.807, 2.05) is 31.2 Å². The second kappa shape index (κ2) is 7.59. The molecule has 5 nitrogen and oxygen atoms in total. The Kier molecular flexibility index (Phi) is 5.46. The van der Waals surface area contributed by atoms with E-state index in [4.69, 9.17) is 9.72 Å². The first-order chi connectivity index (χ1) is 12.1. The van der Waals surface area contributed by atoms with Gasteiger partial charge >= 0.3 is 0 Å². The van der Waals surface area contributed by atoms with Crippen LogP contribution in [0.1, 0.15) is 17.4 Å². The van der Waals surface area contributed by atoms with E-state index in [9.17, 15) is 9.90 Å². The lowest BCUT2D eigenvalue weighted by Gasteiger charge is -2.12. The van der Waals surface area contributed by atoms with E-state index in [1.54, 1.807) is 23.0 Å². The molecular weight excluding hydrogens is 356 g/mol. The lowest BCUT2D eigenvalue weighted by molar-refractivity contribution is 0.322. The number of fused-ring (bicyclic) bond motifs is 1. The van der Waals surface area contributed by atoms with Crippen molar-refractivity contribution in [2.75, 3.05) is 19.5 Å². The summed E-state index contributed by atoms with van der Waals surface area (Å²) in [5.41, 5.74) is 1.75. The molecule has 0 spiro atoms. The van der Waals surface area contributed by atoms with Gasteiger partial charge in [0, 0.05) is 10.6 Å². The number of aromatic nitrogens is 2. The molecule has 2 heterocycles. The van der Waals surface area contributed by atoms with Gasteiger partial charge in [0.1, 0.15) is 10.6 Å². The second-order valence-electron chi connectivity index (χ2n) is 5.48. The first kappa shape index (κ1) is 18.0. The van der Waals surface area contributed by atoms with Crippen LogP contribution >= 0.6 is 23.1 Å². The Bertz CT molecular complexity index is 946. The zero-order valence-corrected chi connectivity index (χ0v) is 16.0. The van der Waals surface area contributed by atoms with E-state index < -0.39 is 0 Å². The van der Waals surface area contributed by atoms with Crippen LogP contribution < -0.4 is 10.3 Å². The van der Waals surface area contributed by atoms with Crippen molar-refractivity contribution in [3.63, 3.8) is 0 Å². The number of ether oxygens (including phenoxy) is 1. The minimum atomic E-state index is -0.0585. The lowest BCUT2D eigenvalue weighted by Crippen LogP contribution is -2.22. The van der Waals surface area contributed by atoms with E-state index in [-0.39, 0.29) is 12.2 Å². The van der Waals surface area contributed by atoms with Gasteiger partial charge in [-0.2, -0.15) is 0 Å². The van der Waals surface area contributed by atoms with Crippen molar-refractivity contribution in [3.05, 3.63) is 45.1 Å². The van der Waals surface area contributed by atoms with Gasteiger partial charge in [-0.05, 0) is 43.2 Å². The van der Waals surface area contributed by atoms with Crippen LogP contribution in [-0.4, -0.2) is 34.1 Å². The number of hydrogen-bond donors (Lipinski definition) is 1. The molecule has 0 amide bonds. The quantitative estimate of drug-likeness (QED) is 0.528. The summed E-state index contributed by atoms with van der Waals surface area (Å²) < 4.78 is 6.83. The largest absolute Gasteiger partial charge is 0.497 e. The molecule has 2 aromatic heterocycles. The number of thiophene rings is 1. The molecule has 0 atom stereocenters. The van der Waals surface area contributed by atoms with Gasteiger partial charge in [0.05, 0.1) is 24.8 Å². The fraction of sp³-hybridized carbons (Fsp3) is 0.333. The molecule has 0 bridgehead atoms.